The summed E-state index contributed by atoms with van der Waals surface area (Å²) in [5.41, 5.74) is -0.507. The maximum Gasteiger partial charge on any atom is 0.407 e. The van der Waals surface area contributed by atoms with Gasteiger partial charge < -0.3 is 14.8 Å². The van der Waals surface area contributed by atoms with Crippen molar-refractivity contribution >= 4 is 33.6 Å². The Balaban J connectivity index is 2.31. The van der Waals surface area contributed by atoms with Crippen molar-refractivity contribution in [2.24, 2.45) is 0 Å². The summed E-state index contributed by atoms with van der Waals surface area (Å²) >= 11 is 9.04. The van der Waals surface area contributed by atoms with Gasteiger partial charge in [-0.15, -0.1) is 0 Å². The molecule has 1 aromatic rings. The Morgan fingerprint density at radius 3 is 2.84 bits per heavy atom. The molecule has 1 aromatic heterocycles. The molecule has 0 unspecified atom stereocenters. The molecule has 5 nitrogen and oxygen atoms in total. The van der Waals surface area contributed by atoms with Crippen molar-refractivity contribution < 1.29 is 14.3 Å². The van der Waals surface area contributed by atoms with Crippen LogP contribution in [-0.2, 0) is 4.74 Å². The van der Waals surface area contributed by atoms with E-state index in [0.29, 0.717) is 28.5 Å². The molecule has 0 fully saturated rings. The minimum atomic E-state index is -0.507. The second-order valence-corrected chi connectivity index (χ2v) is 5.96. The zero-order valence-electron chi connectivity index (χ0n) is 11.0. The maximum atomic E-state index is 11.4. The molecule has 0 aromatic carbocycles. The minimum absolute atomic E-state index is 0.304. The molecule has 0 aliphatic rings. The van der Waals surface area contributed by atoms with E-state index in [2.05, 4.69) is 26.2 Å². The van der Waals surface area contributed by atoms with Crippen LogP contribution in [0.2, 0.25) is 5.15 Å². The quantitative estimate of drug-likeness (QED) is 0.667. The molecule has 0 saturated carbocycles. The van der Waals surface area contributed by atoms with Gasteiger partial charge in [0, 0.05) is 12.3 Å². The summed E-state index contributed by atoms with van der Waals surface area (Å²) in [7, 11) is 0. The second kappa shape index (κ2) is 6.96. The molecule has 0 aliphatic carbocycles. The van der Waals surface area contributed by atoms with Crippen molar-refractivity contribution in [3.8, 4) is 5.75 Å². The number of nitrogens with one attached hydrogen (secondary N) is 1. The van der Waals surface area contributed by atoms with E-state index < -0.39 is 11.7 Å². The molecule has 1 N–H and O–H groups in total. The second-order valence-electron chi connectivity index (χ2n) is 4.71. The summed E-state index contributed by atoms with van der Waals surface area (Å²) in [6, 6.07) is 1.60. The van der Waals surface area contributed by atoms with Crippen LogP contribution in [-0.4, -0.2) is 29.8 Å². The van der Waals surface area contributed by atoms with E-state index >= 15 is 0 Å². The highest BCUT2D eigenvalue weighted by Gasteiger charge is 2.15. The van der Waals surface area contributed by atoms with E-state index in [4.69, 9.17) is 21.1 Å². The Labute approximate surface area is 125 Å². The van der Waals surface area contributed by atoms with Gasteiger partial charge in [0.05, 0.1) is 11.0 Å². The Morgan fingerprint density at radius 2 is 2.21 bits per heavy atom. The van der Waals surface area contributed by atoms with Gasteiger partial charge in [-0.1, -0.05) is 11.6 Å². The van der Waals surface area contributed by atoms with Crippen LogP contribution >= 0.6 is 27.5 Å². The number of pyridine rings is 1. The number of alkyl carbamates (subject to hydrolysis) is 1. The molecule has 0 aliphatic heterocycles. The Hall–Kier alpha value is -1.01. The number of nitrogens with zero attached hydrogens (tertiary/aromatic N) is 1. The lowest BCUT2D eigenvalue weighted by molar-refractivity contribution is 0.0520. The Kier molecular flexibility index (Phi) is 5.87. The lowest BCUT2D eigenvalue weighted by Crippen LogP contribution is -2.34. The molecule has 106 valence electrons. The fraction of sp³-hybridized carbons (Fsp3) is 0.500. The van der Waals surface area contributed by atoms with Crippen molar-refractivity contribution in [1.82, 2.24) is 10.3 Å². The standard InChI is InChI=1S/C12H16BrClN2O3/c1-12(2,3)19-11(17)15-4-5-18-9-6-10(14)16-7-8(9)13/h6-7H,4-5H2,1-3H3,(H,15,17). The van der Waals surface area contributed by atoms with Crippen LogP contribution in [0.4, 0.5) is 4.79 Å². The van der Waals surface area contributed by atoms with Crippen LogP contribution in [0.25, 0.3) is 0 Å². The summed E-state index contributed by atoms with van der Waals surface area (Å²) in [5, 5.41) is 2.94. The molecular formula is C12H16BrClN2O3. The maximum absolute atomic E-state index is 11.4. The van der Waals surface area contributed by atoms with Crippen LogP contribution < -0.4 is 10.1 Å². The average molecular weight is 352 g/mol. The summed E-state index contributed by atoms with van der Waals surface area (Å²) in [6.07, 6.45) is 1.09. The number of hydrogen-bond donors (Lipinski definition) is 1. The lowest BCUT2D eigenvalue weighted by atomic mass is 10.2. The highest BCUT2D eigenvalue weighted by atomic mass is 79.9. The number of ether oxygens (including phenoxy) is 2. The van der Waals surface area contributed by atoms with E-state index in [-0.39, 0.29) is 0 Å². The van der Waals surface area contributed by atoms with Gasteiger partial charge in [0.1, 0.15) is 23.1 Å². The van der Waals surface area contributed by atoms with Gasteiger partial charge in [-0.2, -0.15) is 0 Å². The van der Waals surface area contributed by atoms with Gasteiger partial charge in [0.2, 0.25) is 0 Å². The number of carbonyl (C=O) groups excluding carboxylic acids is 1. The SMILES string of the molecule is CC(C)(C)OC(=O)NCCOc1cc(Cl)ncc1Br. The van der Waals surface area contributed by atoms with E-state index in [1.807, 2.05) is 0 Å². The zero-order chi connectivity index (χ0) is 14.5. The summed E-state index contributed by atoms with van der Waals surface area (Å²) in [6.45, 7) is 6.05. The zero-order valence-corrected chi connectivity index (χ0v) is 13.3. The van der Waals surface area contributed by atoms with Crippen LogP contribution in [0.15, 0.2) is 16.7 Å². The number of hydrogen-bond acceptors (Lipinski definition) is 4. The van der Waals surface area contributed by atoms with E-state index in [9.17, 15) is 4.79 Å². The van der Waals surface area contributed by atoms with Crippen molar-refractivity contribution in [3.63, 3.8) is 0 Å². The van der Waals surface area contributed by atoms with Gasteiger partial charge in [0.25, 0.3) is 0 Å². The summed E-state index contributed by atoms with van der Waals surface area (Å²) in [5.74, 6) is 0.575. The Bertz CT molecular complexity index is 449. The van der Waals surface area contributed by atoms with Crippen LogP contribution in [0.3, 0.4) is 0 Å². The first-order chi connectivity index (χ1) is 8.78. The fourth-order valence-corrected chi connectivity index (χ4v) is 1.61. The normalized spacial score (nSPS) is 11.0. The van der Waals surface area contributed by atoms with E-state index in [0.717, 1.165) is 0 Å². The Morgan fingerprint density at radius 1 is 1.53 bits per heavy atom. The molecule has 0 atom stereocenters. The van der Waals surface area contributed by atoms with E-state index in [1.165, 1.54) is 0 Å². The van der Waals surface area contributed by atoms with E-state index in [1.54, 1.807) is 33.0 Å². The van der Waals surface area contributed by atoms with Crippen LogP contribution in [0.1, 0.15) is 20.8 Å². The van der Waals surface area contributed by atoms with Crippen molar-refractivity contribution in [2.75, 3.05) is 13.2 Å². The lowest BCUT2D eigenvalue weighted by Gasteiger charge is -2.19. The van der Waals surface area contributed by atoms with Crippen molar-refractivity contribution in [3.05, 3.63) is 21.9 Å². The first-order valence-corrected chi connectivity index (χ1v) is 6.86. The highest BCUT2D eigenvalue weighted by Crippen LogP contribution is 2.25. The third-order valence-electron chi connectivity index (χ3n) is 1.81. The number of aromatic nitrogens is 1. The predicted octanol–water partition coefficient (Wildman–Crippen LogP) is 3.40. The van der Waals surface area contributed by atoms with Crippen molar-refractivity contribution in [1.29, 1.82) is 0 Å². The number of amides is 1. The molecule has 0 spiro atoms. The third-order valence-corrected chi connectivity index (χ3v) is 2.62. The number of rotatable bonds is 4. The summed E-state index contributed by atoms with van der Waals surface area (Å²) < 4.78 is 11.2. The number of carbonyl (C=O) groups is 1. The molecule has 0 saturated heterocycles. The molecule has 1 amide bonds. The first kappa shape index (κ1) is 16.0. The van der Waals surface area contributed by atoms with Crippen LogP contribution in [0.5, 0.6) is 5.75 Å². The summed E-state index contributed by atoms with van der Waals surface area (Å²) in [4.78, 5) is 15.2. The van der Waals surface area contributed by atoms with Gasteiger partial charge >= 0.3 is 6.09 Å². The largest absolute Gasteiger partial charge is 0.490 e. The van der Waals surface area contributed by atoms with Gasteiger partial charge in [-0.25, -0.2) is 9.78 Å². The molecule has 1 rings (SSSR count). The highest BCUT2D eigenvalue weighted by molar-refractivity contribution is 9.10. The van der Waals surface area contributed by atoms with Crippen LogP contribution in [0, 0.1) is 0 Å². The minimum Gasteiger partial charge on any atom is -0.490 e. The monoisotopic (exact) mass is 350 g/mol. The fourth-order valence-electron chi connectivity index (χ4n) is 1.14. The molecule has 19 heavy (non-hydrogen) atoms. The molecule has 0 bridgehead atoms. The van der Waals surface area contributed by atoms with Gasteiger partial charge in [-0.3, -0.25) is 0 Å². The van der Waals surface area contributed by atoms with Crippen molar-refractivity contribution in [2.45, 2.75) is 26.4 Å². The average Bonchev–Trinajstić information content (AvgIpc) is 2.26. The smallest absolute Gasteiger partial charge is 0.407 e. The molecule has 7 heteroatoms. The van der Waals surface area contributed by atoms with Gasteiger partial charge in [-0.05, 0) is 36.7 Å². The molecular weight excluding hydrogens is 336 g/mol. The molecule has 1 heterocycles. The topological polar surface area (TPSA) is 60.5 Å². The first-order valence-electron chi connectivity index (χ1n) is 5.68. The van der Waals surface area contributed by atoms with Gasteiger partial charge in [0.15, 0.2) is 0 Å². The molecule has 0 radical (unpaired) electrons. The third kappa shape index (κ3) is 6.63. The predicted molar refractivity (Wildman–Crippen MR) is 76.7 cm³/mol. The number of halogens is 2.